The van der Waals surface area contributed by atoms with Gasteiger partial charge < -0.3 is 10.1 Å². The standard InChI is InChI=1S/C25H28N4O3/c1-16-10-17(2)12-20(11-16)29-23(30)22-13-18(3)27-28(22)15-25(29,4)24(31)26-14-19-6-8-21(32-5)9-7-19/h6-13H,14-15H2,1-5H3,(H,26,31)/t25-/m1/s1. The summed E-state index contributed by atoms with van der Waals surface area (Å²) in [7, 11) is 1.62. The fourth-order valence-corrected chi connectivity index (χ4v) is 4.31. The Bertz CT molecular complexity index is 1160. The monoisotopic (exact) mass is 432 g/mol. The van der Waals surface area contributed by atoms with Crippen molar-refractivity contribution in [3.63, 3.8) is 0 Å². The predicted octanol–water partition coefficient (Wildman–Crippen LogP) is 3.55. The Kier molecular flexibility index (Phi) is 5.50. The van der Waals surface area contributed by atoms with Gasteiger partial charge >= 0.3 is 0 Å². The number of benzene rings is 2. The van der Waals surface area contributed by atoms with Crippen LogP contribution in [0.15, 0.2) is 48.5 Å². The molecule has 32 heavy (non-hydrogen) atoms. The molecule has 0 radical (unpaired) electrons. The van der Waals surface area contributed by atoms with Gasteiger partial charge in [0.1, 0.15) is 17.0 Å². The Hall–Kier alpha value is -3.61. The van der Waals surface area contributed by atoms with Crippen LogP contribution in [0.1, 0.15) is 39.8 Å². The highest BCUT2D eigenvalue weighted by Gasteiger charge is 2.48. The third kappa shape index (κ3) is 3.86. The number of rotatable bonds is 5. The fraction of sp³-hybridized carbons (Fsp3) is 0.320. The smallest absolute Gasteiger partial charge is 0.277 e. The minimum Gasteiger partial charge on any atom is -0.497 e. The minimum absolute atomic E-state index is 0.232. The second-order valence-corrected chi connectivity index (χ2v) is 8.62. The van der Waals surface area contributed by atoms with E-state index in [0.29, 0.717) is 17.9 Å². The first-order chi connectivity index (χ1) is 15.2. The molecule has 7 nitrogen and oxygen atoms in total. The maximum absolute atomic E-state index is 13.6. The van der Waals surface area contributed by atoms with E-state index in [9.17, 15) is 9.59 Å². The van der Waals surface area contributed by atoms with Crippen molar-refractivity contribution in [1.29, 1.82) is 0 Å². The summed E-state index contributed by atoms with van der Waals surface area (Å²) in [6, 6.07) is 15.2. The maximum Gasteiger partial charge on any atom is 0.277 e. The van der Waals surface area contributed by atoms with Crippen molar-refractivity contribution >= 4 is 17.5 Å². The summed E-state index contributed by atoms with van der Waals surface area (Å²) < 4.78 is 6.84. The SMILES string of the molecule is COc1ccc(CNC(=O)[C@@]2(C)Cn3nc(C)cc3C(=O)N2c2cc(C)cc(C)c2)cc1. The molecular formula is C25H28N4O3. The van der Waals surface area contributed by atoms with E-state index in [1.165, 1.54) is 0 Å². The van der Waals surface area contributed by atoms with Gasteiger partial charge in [0.15, 0.2) is 0 Å². The van der Waals surface area contributed by atoms with E-state index >= 15 is 0 Å². The molecule has 1 aromatic heterocycles. The Balaban J connectivity index is 1.69. The molecule has 0 saturated carbocycles. The van der Waals surface area contributed by atoms with Crippen LogP contribution >= 0.6 is 0 Å². The van der Waals surface area contributed by atoms with Crippen molar-refractivity contribution in [2.45, 2.75) is 46.3 Å². The van der Waals surface area contributed by atoms with Crippen LogP contribution in [0.25, 0.3) is 0 Å². The molecule has 0 saturated heterocycles. The van der Waals surface area contributed by atoms with Gasteiger partial charge in [0.05, 0.1) is 19.3 Å². The molecule has 1 atom stereocenters. The van der Waals surface area contributed by atoms with Gasteiger partial charge in [-0.15, -0.1) is 0 Å². The Morgan fingerprint density at radius 2 is 1.75 bits per heavy atom. The molecule has 2 amide bonds. The number of aromatic nitrogens is 2. The number of hydrogen-bond donors (Lipinski definition) is 1. The van der Waals surface area contributed by atoms with Gasteiger partial charge in [0.25, 0.3) is 5.91 Å². The minimum atomic E-state index is -1.14. The molecule has 166 valence electrons. The zero-order valence-corrected chi connectivity index (χ0v) is 19.1. The van der Waals surface area contributed by atoms with E-state index in [-0.39, 0.29) is 18.4 Å². The average molecular weight is 433 g/mol. The van der Waals surface area contributed by atoms with Crippen LogP contribution in [0.3, 0.4) is 0 Å². The lowest BCUT2D eigenvalue weighted by molar-refractivity contribution is -0.126. The number of anilines is 1. The first-order valence-corrected chi connectivity index (χ1v) is 10.6. The lowest BCUT2D eigenvalue weighted by Crippen LogP contribution is -2.64. The van der Waals surface area contributed by atoms with Crippen molar-refractivity contribution in [3.8, 4) is 5.75 Å². The van der Waals surface area contributed by atoms with Crippen LogP contribution in [0, 0.1) is 20.8 Å². The molecule has 0 unspecified atom stereocenters. The molecule has 0 aliphatic carbocycles. The molecule has 0 bridgehead atoms. The summed E-state index contributed by atoms with van der Waals surface area (Å²) in [6.45, 7) is 8.23. The number of aryl methyl sites for hydroxylation is 3. The van der Waals surface area contributed by atoms with Crippen LogP contribution in [0.4, 0.5) is 5.69 Å². The van der Waals surface area contributed by atoms with Crippen LogP contribution in [0.5, 0.6) is 5.75 Å². The molecule has 4 rings (SSSR count). The summed E-state index contributed by atoms with van der Waals surface area (Å²) in [6.07, 6.45) is 0. The highest BCUT2D eigenvalue weighted by atomic mass is 16.5. The first-order valence-electron chi connectivity index (χ1n) is 10.6. The van der Waals surface area contributed by atoms with Crippen LogP contribution < -0.4 is 15.0 Å². The van der Waals surface area contributed by atoms with Gasteiger partial charge in [-0.05, 0) is 74.7 Å². The van der Waals surface area contributed by atoms with Crippen molar-refractivity contribution in [2.75, 3.05) is 12.0 Å². The summed E-state index contributed by atoms with van der Waals surface area (Å²) in [5, 5.41) is 7.47. The number of nitrogens with zero attached hydrogens (tertiary/aromatic N) is 3. The number of fused-ring (bicyclic) bond motifs is 1. The van der Waals surface area contributed by atoms with Gasteiger partial charge in [0, 0.05) is 12.2 Å². The predicted molar refractivity (Wildman–Crippen MR) is 123 cm³/mol. The number of amides is 2. The number of ether oxygens (including phenoxy) is 1. The topological polar surface area (TPSA) is 76.5 Å². The van der Waals surface area contributed by atoms with E-state index < -0.39 is 5.54 Å². The average Bonchev–Trinajstić information content (AvgIpc) is 3.11. The fourth-order valence-electron chi connectivity index (χ4n) is 4.31. The van der Waals surface area contributed by atoms with E-state index in [0.717, 1.165) is 28.1 Å². The summed E-state index contributed by atoms with van der Waals surface area (Å²) in [4.78, 5) is 28.8. The Morgan fingerprint density at radius 3 is 2.38 bits per heavy atom. The van der Waals surface area contributed by atoms with E-state index in [4.69, 9.17) is 4.74 Å². The number of methoxy groups -OCH3 is 1. The lowest BCUT2D eigenvalue weighted by atomic mass is 9.93. The molecule has 2 heterocycles. The zero-order valence-electron chi connectivity index (χ0n) is 19.1. The molecule has 2 aromatic carbocycles. The molecule has 7 heteroatoms. The molecule has 1 N–H and O–H groups in total. The second kappa shape index (κ2) is 8.15. The van der Waals surface area contributed by atoms with Gasteiger partial charge in [-0.2, -0.15) is 5.10 Å². The molecule has 1 aliphatic heterocycles. The third-order valence-corrected chi connectivity index (χ3v) is 5.84. The van der Waals surface area contributed by atoms with Gasteiger partial charge in [-0.3, -0.25) is 19.2 Å². The normalized spacial score (nSPS) is 17.8. The highest BCUT2D eigenvalue weighted by molar-refractivity contribution is 6.11. The molecular weight excluding hydrogens is 404 g/mol. The highest BCUT2D eigenvalue weighted by Crippen LogP contribution is 2.34. The van der Waals surface area contributed by atoms with Crippen molar-refractivity contribution in [2.24, 2.45) is 0 Å². The van der Waals surface area contributed by atoms with Crippen LogP contribution in [0.2, 0.25) is 0 Å². The Labute approximate surface area is 188 Å². The first kappa shape index (κ1) is 21.6. The second-order valence-electron chi connectivity index (χ2n) is 8.62. The number of carbonyl (C=O) groups is 2. The lowest BCUT2D eigenvalue weighted by Gasteiger charge is -2.43. The van der Waals surface area contributed by atoms with Crippen LogP contribution in [-0.4, -0.2) is 34.2 Å². The number of hydrogen-bond acceptors (Lipinski definition) is 4. The van der Waals surface area contributed by atoms with E-state index in [2.05, 4.69) is 10.4 Å². The van der Waals surface area contributed by atoms with E-state index in [1.807, 2.05) is 63.2 Å². The zero-order chi connectivity index (χ0) is 23.0. The largest absolute Gasteiger partial charge is 0.497 e. The summed E-state index contributed by atoms with van der Waals surface area (Å²) in [5.41, 5.74) is 3.81. The number of carbonyl (C=O) groups excluding carboxylic acids is 2. The van der Waals surface area contributed by atoms with Gasteiger partial charge in [0.2, 0.25) is 5.91 Å². The molecule has 3 aromatic rings. The van der Waals surface area contributed by atoms with Crippen molar-refractivity contribution in [1.82, 2.24) is 15.1 Å². The summed E-state index contributed by atoms with van der Waals surface area (Å²) >= 11 is 0. The molecule has 1 aliphatic rings. The molecule has 0 spiro atoms. The van der Waals surface area contributed by atoms with Gasteiger partial charge in [-0.1, -0.05) is 18.2 Å². The quantitative estimate of drug-likeness (QED) is 0.669. The molecule has 0 fully saturated rings. The van der Waals surface area contributed by atoms with E-state index in [1.54, 1.807) is 29.7 Å². The van der Waals surface area contributed by atoms with Gasteiger partial charge in [-0.25, -0.2) is 0 Å². The maximum atomic E-state index is 13.6. The Morgan fingerprint density at radius 1 is 1.09 bits per heavy atom. The third-order valence-electron chi connectivity index (χ3n) is 5.84. The van der Waals surface area contributed by atoms with Crippen molar-refractivity contribution in [3.05, 3.63) is 76.6 Å². The summed E-state index contributed by atoms with van der Waals surface area (Å²) in [5.74, 6) is 0.288. The van der Waals surface area contributed by atoms with Crippen LogP contribution in [-0.2, 0) is 17.9 Å². The number of nitrogens with one attached hydrogen (secondary N) is 1. The van der Waals surface area contributed by atoms with Crippen molar-refractivity contribution < 1.29 is 14.3 Å².